The van der Waals surface area contributed by atoms with Gasteiger partial charge in [0.25, 0.3) is 0 Å². The van der Waals surface area contributed by atoms with Crippen LogP contribution in [0.4, 0.5) is 0 Å². The zero-order chi connectivity index (χ0) is 15.3. The Bertz CT molecular complexity index is 524. The van der Waals surface area contributed by atoms with E-state index in [1.54, 1.807) is 6.07 Å². The lowest BCUT2D eigenvalue weighted by molar-refractivity contribution is -0.154. The highest BCUT2D eigenvalue weighted by Gasteiger charge is 2.41. The van der Waals surface area contributed by atoms with E-state index in [0.717, 1.165) is 24.8 Å². The highest BCUT2D eigenvalue weighted by atomic mass is 35.5. The van der Waals surface area contributed by atoms with Crippen LogP contribution in [0.15, 0.2) is 24.3 Å². The van der Waals surface area contributed by atoms with E-state index in [2.05, 4.69) is 5.32 Å². The third-order valence-corrected chi connectivity index (χ3v) is 4.57. The van der Waals surface area contributed by atoms with Crippen molar-refractivity contribution in [1.82, 2.24) is 5.32 Å². The Morgan fingerprint density at radius 2 is 1.86 bits per heavy atom. The largest absolute Gasteiger partial charge is 0.481 e. The van der Waals surface area contributed by atoms with E-state index in [0.29, 0.717) is 24.4 Å². The van der Waals surface area contributed by atoms with E-state index in [-0.39, 0.29) is 12.3 Å². The molecule has 114 valence electrons. The van der Waals surface area contributed by atoms with Gasteiger partial charge in [-0.05, 0) is 24.5 Å². The van der Waals surface area contributed by atoms with E-state index in [9.17, 15) is 14.7 Å². The van der Waals surface area contributed by atoms with Gasteiger partial charge in [0.1, 0.15) is 0 Å². The first-order valence-electron chi connectivity index (χ1n) is 7.27. The Kier molecular flexibility index (Phi) is 5.23. The second-order valence-corrected chi connectivity index (χ2v) is 6.10. The molecule has 4 nitrogen and oxygen atoms in total. The second kappa shape index (κ2) is 6.94. The van der Waals surface area contributed by atoms with Crippen molar-refractivity contribution in [2.24, 2.45) is 5.41 Å². The summed E-state index contributed by atoms with van der Waals surface area (Å²) in [7, 11) is 0. The van der Waals surface area contributed by atoms with Gasteiger partial charge in [-0.15, -0.1) is 0 Å². The van der Waals surface area contributed by atoms with Gasteiger partial charge >= 0.3 is 5.97 Å². The van der Waals surface area contributed by atoms with Gasteiger partial charge in [-0.2, -0.15) is 0 Å². The van der Waals surface area contributed by atoms with Crippen molar-refractivity contribution in [3.05, 3.63) is 34.9 Å². The first-order chi connectivity index (χ1) is 10.0. The van der Waals surface area contributed by atoms with Crippen molar-refractivity contribution in [2.45, 2.75) is 45.1 Å². The molecule has 2 rings (SSSR count). The third kappa shape index (κ3) is 3.97. The molecule has 0 spiro atoms. The SMILES string of the molecule is O=C(CC1(C(=O)O)CCCCC1)NCc1ccccc1Cl. The number of amides is 1. The molecule has 0 saturated heterocycles. The molecule has 0 unspecified atom stereocenters. The van der Waals surface area contributed by atoms with E-state index >= 15 is 0 Å². The summed E-state index contributed by atoms with van der Waals surface area (Å²) in [6, 6.07) is 7.29. The summed E-state index contributed by atoms with van der Waals surface area (Å²) in [4.78, 5) is 23.6. The fraction of sp³-hybridized carbons (Fsp3) is 0.500. The van der Waals surface area contributed by atoms with Gasteiger partial charge in [0.15, 0.2) is 0 Å². The Balaban J connectivity index is 1.94. The minimum Gasteiger partial charge on any atom is -0.481 e. The zero-order valence-electron chi connectivity index (χ0n) is 11.9. The quantitative estimate of drug-likeness (QED) is 0.876. The standard InChI is InChI=1S/C16H20ClNO3/c17-13-7-3-2-6-12(13)11-18-14(19)10-16(15(20)21)8-4-1-5-9-16/h2-3,6-7H,1,4-5,8-11H2,(H,18,19)(H,20,21). The minimum absolute atomic E-state index is 0.0484. The number of aliphatic carboxylic acids is 1. The van der Waals surface area contributed by atoms with Gasteiger partial charge in [0, 0.05) is 18.0 Å². The molecular formula is C16H20ClNO3. The monoisotopic (exact) mass is 309 g/mol. The lowest BCUT2D eigenvalue weighted by Gasteiger charge is -2.32. The smallest absolute Gasteiger partial charge is 0.310 e. The predicted molar refractivity (Wildman–Crippen MR) is 81.1 cm³/mol. The molecule has 0 bridgehead atoms. The first-order valence-corrected chi connectivity index (χ1v) is 7.65. The summed E-state index contributed by atoms with van der Waals surface area (Å²) in [6.07, 6.45) is 4.03. The molecule has 1 aliphatic rings. The Morgan fingerprint density at radius 1 is 1.19 bits per heavy atom. The number of hydrogen-bond donors (Lipinski definition) is 2. The zero-order valence-corrected chi connectivity index (χ0v) is 12.7. The highest BCUT2D eigenvalue weighted by molar-refractivity contribution is 6.31. The Hall–Kier alpha value is -1.55. The van der Waals surface area contributed by atoms with Crippen LogP contribution in [0.1, 0.15) is 44.1 Å². The molecule has 1 fully saturated rings. The lowest BCUT2D eigenvalue weighted by atomic mass is 9.71. The average molecular weight is 310 g/mol. The molecule has 2 N–H and O–H groups in total. The fourth-order valence-electron chi connectivity index (χ4n) is 2.90. The van der Waals surface area contributed by atoms with E-state index in [4.69, 9.17) is 11.6 Å². The van der Waals surface area contributed by atoms with Gasteiger partial charge in [-0.25, -0.2) is 0 Å². The maximum Gasteiger partial charge on any atom is 0.310 e. The summed E-state index contributed by atoms with van der Waals surface area (Å²) in [6.45, 7) is 0.328. The molecule has 5 heteroatoms. The normalized spacial score (nSPS) is 17.2. The molecule has 1 aromatic rings. The van der Waals surface area contributed by atoms with Crippen LogP contribution in [0.5, 0.6) is 0 Å². The summed E-state index contributed by atoms with van der Waals surface area (Å²) in [5.74, 6) is -1.07. The summed E-state index contributed by atoms with van der Waals surface area (Å²) < 4.78 is 0. The van der Waals surface area contributed by atoms with Gasteiger partial charge in [-0.1, -0.05) is 49.1 Å². The van der Waals surface area contributed by atoms with E-state index in [1.807, 2.05) is 18.2 Å². The van der Waals surface area contributed by atoms with Gasteiger partial charge in [-0.3, -0.25) is 9.59 Å². The maximum atomic E-state index is 12.1. The minimum atomic E-state index is -0.886. The molecule has 1 amide bonds. The topological polar surface area (TPSA) is 66.4 Å². The highest BCUT2D eigenvalue weighted by Crippen LogP contribution is 2.39. The predicted octanol–water partition coefficient (Wildman–Crippen LogP) is 3.38. The Morgan fingerprint density at radius 3 is 2.48 bits per heavy atom. The van der Waals surface area contributed by atoms with Crippen LogP contribution in [0, 0.1) is 5.41 Å². The molecule has 1 saturated carbocycles. The van der Waals surface area contributed by atoms with Crippen LogP contribution in [0.2, 0.25) is 5.02 Å². The molecule has 1 aromatic carbocycles. The summed E-state index contributed by atoms with van der Waals surface area (Å²) in [5.41, 5.74) is -0.0523. The maximum absolute atomic E-state index is 12.1. The van der Waals surface area contributed by atoms with Gasteiger partial charge in [0.05, 0.1) is 5.41 Å². The average Bonchev–Trinajstić information content (AvgIpc) is 2.47. The number of benzene rings is 1. The number of carboxylic acids is 1. The molecule has 21 heavy (non-hydrogen) atoms. The molecular weight excluding hydrogens is 290 g/mol. The molecule has 0 radical (unpaired) electrons. The van der Waals surface area contributed by atoms with Crippen molar-refractivity contribution in [2.75, 3.05) is 0 Å². The van der Waals surface area contributed by atoms with Crippen LogP contribution in [0.3, 0.4) is 0 Å². The van der Waals surface area contributed by atoms with Crippen molar-refractivity contribution >= 4 is 23.5 Å². The van der Waals surface area contributed by atoms with Crippen molar-refractivity contribution in [3.63, 3.8) is 0 Å². The molecule has 0 atom stereocenters. The number of carbonyl (C=O) groups excluding carboxylic acids is 1. The van der Waals surface area contributed by atoms with Crippen molar-refractivity contribution in [1.29, 1.82) is 0 Å². The molecule has 0 aliphatic heterocycles. The number of rotatable bonds is 5. The summed E-state index contributed by atoms with van der Waals surface area (Å²) >= 11 is 6.03. The Labute approximate surface area is 129 Å². The van der Waals surface area contributed by atoms with Crippen LogP contribution >= 0.6 is 11.6 Å². The van der Waals surface area contributed by atoms with Crippen LogP contribution < -0.4 is 5.32 Å². The van der Waals surface area contributed by atoms with E-state index in [1.165, 1.54) is 0 Å². The van der Waals surface area contributed by atoms with E-state index < -0.39 is 11.4 Å². The first kappa shape index (κ1) is 15.8. The fourth-order valence-corrected chi connectivity index (χ4v) is 3.10. The number of halogens is 1. The number of hydrogen-bond acceptors (Lipinski definition) is 2. The van der Waals surface area contributed by atoms with Crippen LogP contribution in [-0.2, 0) is 16.1 Å². The molecule has 0 heterocycles. The van der Waals surface area contributed by atoms with Gasteiger partial charge < -0.3 is 10.4 Å². The second-order valence-electron chi connectivity index (χ2n) is 5.69. The van der Waals surface area contributed by atoms with Gasteiger partial charge in [0.2, 0.25) is 5.91 Å². The van der Waals surface area contributed by atoms with Crippen molar-refractivity contribution in [3.8, 4) is 0 Å². The summed E-state index contributed by atoms with van der Waals surface area (Å²) in [5, 5.41) is 12.8. The number of carboxylic acid groups (broad SMARTS) is 1. The number of carbonyl (C=O) groups is 2. The molecule has 0 aromatic heterocycles. The number of nitrogens with one attached hydrogen (secondary N) is 1. The van der Waals surface area contributed by atoms with Crippen LogP contribution in [0.25, 0.3) is 0 Å². The molecule has 1 aliphatic carbocycles. The lowest BCUT2D eigenvalue weighted by Crippen LogP contribution is -2.39. The third-order valence-electron chi connectivity index (χ3n) is 4.20. The van der Waals surface area contributed by atoms with Crippen LogP contribution in [-0.4, -0.2) is 17.0 Å². The van der Waals surface area contributed by atoms with Crippen molar-refractivity contribution < 1.29 is 14.7 Å².